The summed E-state index contributed by atoms with van der Waals surface area (Å²) < 4.78 is 14.0. The van der Waals surface area contributed by atoms with E-state index in [1.165, 1.54) is 6.20 Å². The summed E-state index contributed by atoms with van der Waals surface area (Å²) in [7, 11) is 0. The number of aliphatic carboxylic acids is 1. The van der Waals surface area contributed by atoms with Gasteiger partial charge < -0.3 is 5.11 Å². The van der Waals surface area contributed by atoms with E-state index in [9.17, 15) is 9.18 Å². The Hall–Kier alpha value is -0.910. The van der Waals surface area contributed by atoms with Gasteiger partial charge in [-0.25, -0.2) is 4.79 Å². The minimum Gasteiger partial charge on any atom is -0.480 e. The predicted octanol–water partition coefficient (Wildman–Crippen LogP) is 1.82. The highest BCUT2D eigenvalue weighted by molar-refractivity contribution is 9.10. The smallest absolute Gasteiger partial charge is 0.328 e. The van der Waals surface area contributed by atoms with Gasteiger partial charge in [0, 0.05) is 6.20 Å². The third kappa shape index (κ3) is 2.06. The number of nitrogens with zero attached hydrogens (tertiary/aromatic N) is 2. The zero-order valence-electron chi connectivity index (χ0n) is 6.87. The van der Waals surface area contributed by atoms with Crippen LogP contribution in [0.25, 0.3) is 0 Å². The van der Waals surface area contributed by atoms with E-state index in [2.05, 4.69) is 21.0 Å². The van der Waals surface area contributed by atoms with Gasteiger partial charge in [0.05, 0.1) is 4.47 Å². The predicted molar refractivity (Wildman–Crippen MR) is 46.8 cm³/mol. The molecule has 1 aromatic rings. The first-order chi connectivity index (χ1) is 6.06. The number of halogens is 2. The molecule has 13 heavy (non-hydrogen) atoms. The summed E-state index contributed by atoms with van der Waals surface area (Å²) >= 11 is 2.91. The normalized spacial score (nSPS) is 12.8. The molecule has 0 saturated heterocycles. The van der Waals surface area contributed by atoms with E-state index >= 15 is 0 Å². The number of carbonyl (C=O) groups is 1. The molecule has 1 N–H and O–H groups in total. The molecule has 1 unspecified atom stereocenters. The Morgan fingerprint density at radius 1 is 1.92 bits per heavy atom. The van der Waals surface area contributed by atoms with Crippen LogP contribution in [-0.2, 0) is 4.79 Å². The minimum absolute atomic E-state index is 0.173. The number of hydrogen-bond donors (Lipinski definition) is 1. The van der Waals surface area contributed by atoms with Crippen molar-refractivity contribution in [1.82, 2.24) is 9.78 Å². The monoisotopic (exact) mass is 250 g/mol. The molecular formula is C7H8BrFN2O2. The third-order valence-corrected chi connectivity index (χ3v) is 2.17. The molecule has 0 aliphatic carbocycles. The van der Waals surface area contributed by atoms with E-state index in [0.717, 1.165) is 4.68 Å². The van der Waals surface area contributed by atoms with Gasteiger partial charge in [-0.3, -0.25) is 4.68 Å². The average molecular weight is 251 g/mol. The molecule has 0 aliphatic rings. The highest BCUT2D eigenvalue weighted by atomic mass is 79.9. The van der Waals surface area contributed by atoms with Crippen molar-refractivity contribution < 1.29 is 14.3 Å². The lowest BCUT2D eigenvalue weighted by molar-refractivity contribution is -0.141. The number of rotatable bonds is 3. The molecule has 1 heterocycles. The van der Waals surface area contributed by atoms with Gasteiger partial charge in [-0.05, 0) is 22.4 Å². The van der Waals surface area contributed by atoms with Crippen LogP contribution in [0.1, 0.15) is 19.4 Å². The van der Waals surface area contributed by atoms with Crippen molar-refractivity contribution in [3.8, 4) is 0 Å². The zero-order chi connectivity index (χ0) is 10.0. The van der Waals surface area contributed by atoms with Gasteiger partial charge in [0.1, 0.15) is 6.04 Å². The second kappa shape index (κ2) is 3.87. The van der Waals surface area contributed by atoms with E-state index in [1.807, 2.05) is 0 Å². The first-order valence-electron chi connectivity index (χ1n) is 3.69. The summed E-state index contributed by atoms with van der Waals surface area (Å²) in [5.74, 6) is -1.71. The van der Waals surface area contributed by atoms with Crippen molar-refractivity contribution in [2.24, 2.45) is 0 Å². The Kier molecular flexibility index (Phi) is 3.02. The van der Waals surface area contributed by atoms with E-state index < -0.39 is 18.0 Å². The van der Waals surface area contributed by atoms with Crippen LogP contribution in [-0.4, -0.2) is 20.9 Å². The summed E-state index contributed by atoms with van der Waals surface area (Å²) in [5, 5.41) is 12.2. The van der Waals surface area contributed by atoms with Crippen LogP contribution in [0.4, 0.5) is 4.39 Å². The van der Waals surface area contributed by atoms with Crippen molar-refractivity contribution >= 4 is 21.9 Å². The number of aromatic nitrogens is 2. The SMILES string of the molecule is CCC(C(=O)O)n1cc(Br)c(F)n1. The fraction of sp³-hybridized carbons (Fsp3) is 0.429. The lowest BCUT2D eigenvalue weighted by Crippen LogP contribution is -2.18. The van der Waals surface area contributed by atoms with Crippen LogP contribution >= 0.6 is 15.9 Å². The van der Waals surface area contributed by atoms with Crippen LogP contribution in [0, 0.1) is 5.95 Å². The van der Waals surface area contributed by atoms with Crippen LogP contribution in [0.5, 0.6) is 0 Å². The summed E-state index contributed by atoms with van der Waals surface area (Å²) in [6, 6.07) is -0.805. The largest absolute Gasteiger partial charge is 0.480 e. The molecule has 0 aromatic carbocycles. The lowest BCUT2D eigenvalue weighted by atomic mass is 10.2. The Morgan fingerprint density at radius 2 is 2.54 bits per heavy atom. The molecule has 4 nitrogen and oxygen atoms in total. The number of carboxylic acids is 1. The van der Waals surface area contributed by atoms with Crippen LogP contribution in [0.15, 0.2) is 10.7 Å². The maximum atomic E-state index is 12.7. The van der Waals surface area contributed by atoms with Gasteiger partial charge >= 0.3 is 5.97 Å². The Morgan fingerprint density at radius 3 is 2.85 bits per heavy atom. The summed E-state index contributed by atoms with van der Waals surface area (Å²) in [6.45, 7) is 1.70. The van der Waals surface area contributed by atoms with Crippen molar-refractivity contribution in [3.63, 3.8) is 0 Å². The number of hydrogen-bond acceptors (Lipinski definition) is 2. The van der Waals surface area contributed by atoms with Gasteiger partial charge in [0.25, 0.3) is 0 Å². The first kappa shape index (κ1) is 10.2. The summed E-state index contributed by atoms with van der Waals surface area (Å²) in [6.07, 6.45) is 1.68. The fourth-order valence-electron chi connectivity index (χ4n) is 0.982. The van der Waals surface area contributed by atoms with Crippen LogP contribution in [0.2, 0.25) is 0 Å². The highest BCUT2D eigenvalue weighted by Gasteiger charge is 2.19. The molecule has 1 rings (SSSR count). The van der Waals surface area contributed by atoms with Crippen LogP contribution in [0.3, 0.4) is 0 Å². The van der Waals surface area contributed by atoms with E-state index in [0.29, 0.717) is 6.42 Å². The first-order valence-corrected chi connectivity index (χ1v) is 4.48. The Balaban J connectivity index is 2.98. The van der Waals surface area contributed by atoms with E-state index in [-0.39, 0.29) is 4.47 Å². The average Bonchev–Trinajstić information content (AvgIpc) is 2.32. The maximum absolute atomic E-state index is 12.7. The molecule has 1 atom stereocenters. The molecule has 1 aromatic heterocycles. The maximum Gasteiger partial charge on any atom is 0.328 e. The molecule has 0 bridgehead atoms. The minimum atomic E-state index is -1.02. The molecule has 0 amide bonds. The topological polar surface area (TPSA) is 55.1 Å². The van der Waals surface area contributed by atoms with Crippen molar-refractivity contribution in [2.45, 2.75) is 19.4 Å². The molecule has 72 valence electrons. The van der Waals surface area contributed by atoms with Gasteiger partial charge in [-0.15, -0.1) is 5.10 Å². The van der Waals surface area contributed by atoms with Gasteiger partial charge in [-0.1, -0.05) is 6.92 Å². The summed E-state index contributed by atoms with van der Waals surface area (Å²) in [5.41, 5.74) is 0. The molecule has 0 spiro atoms. The number of carboxylic acid groups (broad SMARTS) is 1. The molecule has 6 heteroatoms. The second-order valence-electron chi connectivity index (χ2n) is 2.51. The van der Waals surface area contributed by atoms with Crippen molar-refractivity contribution in [1.29, 1.82) is 0 Å². The molecule has 0 radical (unpaired) electrons. The van der Waals surface area contributed by atoms with E-state index in [1.54, 1.807) is 6.92 Å². The fourth-order valence-corrected chi connectivity index (χ4v) is 1.27. The van der Waals surface area contributed by atoms with E-state index in [4.69, 9.17) is 5.11 Å². The lowest BCUT2D eigenvalue weighted by Gasteiger charge is -2.08. The standard InChI is InChI=1S/C7H8BrFN2O2/c1-2-5(7(12)13)11-3-4(8)6(9)10-11/h3,5H,2H2,1H3,(H,12,13). The Bertz CT molecular complexity index is 307. The molecular weight excluding hydrogens is 243 g/mol. The molecule has 0 saturated carbocycles. The van der Waals surface area contributed by atoms with Crippen molar-refractivity contribution in [3.05, 3.63) is 16.6 Å². The van der Waals surface area contributed by atoms with Gasteiger partial charge in [0.2, 0.25) is 5.95 Å². The van der Waals surface area contributed by atoms with Crippen LogP contribution < -0.4 is 0 Å². The van der Waals surface area contributed by atoms with Crippen molar-refractivity contribution in [2.75, 3.05) is 0 Å². The molecule has 0 aliphatic heterocycles. The Labute approximate surface area is 82.5 Å². The third-order valence-electron chi connectivity index (χ3n) is 1.64. The summed E-state index contributed by atoms with van der Waals surface area (Å²) in [4.78, 5) is 10.7. The highest BCUT2D eigenvalue weighted by Crippen LogP contribution is 2.17. The zero-order valence-corrected chi connectivity index (χ0v) is 8.45. The van der Waals surface area contributed by atoms with Gasteiger partial charge in [-0.2, -0.15) is 4.39 Å². The molecule has 0 fully saturated rings. The quantitative estimate of drug-likeness (QED) is 0.891. The second-order valence-corrected chi connectivity index (χ2v) is 3.36. The van der Waals surface area contributed by atoms with Gasteiger partial charge in [0.15, 0.2) is 0 Å².